The average Bonchev–Trinajstić information content (AvgIpc) is 1.70. The van der Waals surface area contributed by atoms with Crippen molar-refractivity contribution in [2.45, 2.75) is 31.7 Å². The van der Waals surface area contributed by atoms with Crippen molar-refractivity contribution >= 4 is 67.1 Å². The SMILES string of the molecule is CS(=O)(=O)c1cccc(-c2ccc(C3(O)CNC3)cc2)c1-c1nn[nH]n1.CS(=O)(=O)c1cccc(-c2ccc(N)nc2)c1-c1nn[nH]n1.CS(=O)(=O)c1cccc(-c2ccc3nc(CN)ccc3c2)c1-c1nn[nH]n1.CS(=O)(=O)c1cccc(-c2cnc3[nH]ccc3c2)c1-c1nn[nH]n1. The first-order chi connectivity index (χ1) is 47.4. The molecule has 0 amide bonds. The third-order valence-corrected chi connectivity index (χ3v) is 20.2. The highest BCUT2D eigenvalue weighted by Gasteiger charge is 2.36. The number of aromatic nitrogens is 20. The zero-order valence-electron chi connectivity index (χ0n) is 52.5. The number of nitrogen functional groups attached to an aromatic ring is 1. The molecule has 1 aliphatic heterocycles. The number of β-amino-alcohol motifs (C(OH)–C–C–N with tert-alkyl or cyclic N) is 1. The standard InChI is InChI=1S/C18H16N6O2S.C17H17N5O3S.C15H12N6O2S.C13H12N6O2S/c1-27(25,26)16-4-2-3-14(17(16)18-21-23-24-22-18)11-6-8-15-12(9-11)5-7-13(10-19)20-15;1-26(24,25)14-4-2-3-13(15(14)16-19-21-22-20-16)11-5-7-12(8-6-11)17(23)9-18-10-17;1-24(22,23)12-4-2-3-11(13(12)15-18-20-21-19-15)10-7-9-5-6-16-14(9)17-8-10;1-22(20,21)10-4-2-3-9(8-5-6-11(14)15-7-8)12(10)13-16-18-19-17-13/h2-9H,10,19H2,1H3,(H,21,22,23,24);2-8,18,23H,9-10H2,1H3,(H,19,20,21,22);2-8H,1H3,(H,16,17)(H,18,19,20,21);2-7H,1H3,(H2,14,15)(H,16,17,18,19). The summed E-state index contributed by atoms with van der Waals surface area (Å²) in [5.41, 5.74) is 21.0. The molecule has 0 spiro atoms. The Morgan fingerprint density at radius 3 is 1.27 bits per heavy atom. The number of benzene rings is 6. The van der Waals surface area contributed by atoms with Crippen molar-refractivity contribution in [1.29, 1.82) is 0 Å². The van der Waals surface area contributed by atoms with E-state index in [1.807, 2.05) is 84.9 Å². The van der Waals surface area contributed by atoms with E-state index < -0.39 is 45.0 Å². The van der Waals surface area contributed by atoms with E-state index in [9.17, 15) is 38.8 Å². The number of tetrazole rings is 4. The third kappa shape index (κ3) is 14.6. The number of aromatic amines is 5. The number of nitrogens with one attached hydrogen (secondary N) is 6. The number of aliphatic hydroxyl groups is 1. The fourth-order valence-electron chi connectivity index (χ4n) is 10.9. The van der Waals surface area contributed by atoms with E-state index in [0.717, 1.165) is 74.9 Å². The first-order valence-corrected chi connectivity index (χ1v) is 37.0. The number of sulfone groups is 4. The van der Waals surface area contributed by atoms with E-state index in [4.69, 9.17) is 11.5 Å². The van der Waals surface area contributed by atoms with Crippen molar-refractivity contribution in [2.24, 2.45) is 5.73 Å². The van der Waals surface area contributed by atoms with Crippen LogP contribution < -0.4 is 16.8 Å². The predicted molar refractivity (Wildman–Crippen MR) is 364 cm³/mol. The smallest absolute Gasteiger partial charge is 0.206 e. The van der Waals surface area contributed by atoms with Gasteiger partial charge in [0.2, 0.25) is 23.3 Å². The second kappa shape index (κ2) is 27.4. The van der Waals surface area contributed by atoms with Gasteiger partial charge < -0.3 is 26.9 Å². The molecule has 9 heterocycles. The minimum atomic E-state index is -3.49. The topological polar surface area (TPSA) is 493 Å². The van der Waals surface area contributed by atoms with Crippen LogP contribution in [0.1, 0.15) is 11.3 Å². The molecule has 0 unspecified atom stereocenters. The summed E-state index contributed by atoms with van der Waals surface area (Å²) in [6, 6.07) is 44.3. The van der Waals surface area contributed by atoms with Crippen LogP contribution in [0.4, 0.5) is 5.82 Å². The molecule has 1 aliphatic rings. The van der Waals surface area contributed by atoms with Crippen LogP contribution in [0, 0.1) is 0 Å². The summed E-state index contributed by atoms with van der Waals surface area (Å²) in [4.78, 5) is 16.5. The molecule has 8 aromatic heterocycles. The van der Waals surface area contributed by atoms with E-state index in [2.05, 4.69) is 108 Å². The minimum absolute atomic E-state index is 0.128. The van der Waals surface area contributed by atoms with Crippen molar-refractivity contribution in [2.75, 3.05) is 43.8 Å². The van der Waals surface area contributed by atoms with Crippen molar-refractivity contribution in [3.05, 3.63) is 182 Å². The number of rotatable bonds is 14. The van der Waals surface area contributed by atoms with E-state index in [1.54, 1.807) is 67.1 Å². The molecule has 0 radical (unpaired) electrons. The quantitative estimate of drug-likeness (QED) is 0.0658. The molecule has 0 aliphatic carbocycles. The van der Waals surface area contributed by atoms with E-state index in [-0.39, 0.29) is 42.9 Å². The molecular weight excluding hydrogens is 1350 g/mol. The van der Waals surface area contributed by atoms with Gasteiger partial charge in [-0.2, -0.15) is 20.9 Å². The number of H-pyrrole nitrogens is 5. The number of nitrogens with two attached hydrogens (primary N) is 2. The van der Waals surface area contributed by atoms with Crippen molar-refractivity contribution in [3.63, 3.8) is 0 Å². The predicted octanol–water partition coefficient (Wildman–Crippen LogP) is 5.40. The van der Waals surface area contributed by atoms with Crippen LogP contribution in [-0.4, -0.2) is 179 Å². The maximum atomic E-state index is 12.3. The summed E-state index contributed by atoms with van der Waals surface area (Å²) in [6.07, 6.45) is 9.66. The van der Waals surface area contributed by atoms with Crippen LogP contribution in [0.5, 0.6) is 0 Å². The van der Waals surface area contributed by atoms with Crippen LogP contribution in [0.2, 0.25) is 0 Å². The third-order valence-electron chi connectivity index (χ3n) is 15.6. The second-order valence-corrected chi connectivity index (χ2v) is 30.4. The Morgan fingerprint density at radius 1 is 0.455 bits per heavy atom. The fraction of sp³-hybridized carbons (Fsp3) is 0.127. The lowest BCUT2D eigenvalue weighted by molar-refractivity contribution is -0.0146. The largest absolute Gasteiger partial charge is 0.384 e. The molecule has 0 bridgehead atoms. The maximum Gasteiger partial charge on any atom is 0.206 e. The highest BCUT2D eigenvalue weighted by Crippen LogP contribution is 2.40. The van der Waals surface area contributed by atoms with Crippen molar-refractivity contribution < 1.29 is 38.8 Å². The van der Waals surface area contributed by atoms with Gasteiger partial charge in [-0.05, 0) is 127 Å². The highest BCUT2D eigenvalue weighted by molar-refractivity contribution is 7.91. The minimum Gasteiger partial charge on any atom is -0.384 e. The van der Waals surface area contributed by atoms with Crippen LogP contribution >= 0.6 is 0 Å². The molecule has 99 heavy (non-hydrogen) atoms. The van der Waals surface area contributed by atoms with Crippen LogP contribution in [0.15, 0.2) is 190 Å². The van der Waals surface area contributed by atoms with Gasteiger partial charge in [0.25, 0.3) is 0 Å². The summed E-state index contributed by atoms with van der Waals surface area (Å²) in [7, 11) is -13.9. The van der Waals surface area contributed by atoms with Crippen LogP contribution in [0.3, 0.4) is 0 Å². The Bertz CT molecular complexity index is 5730. The lowest BCUT2D eigenvalue weighted by atomic mass is 9.87. The van der Waals surface area contributed by atoms with Crippen LogP contribution in [0.25, 0.3) is 112 Å². The Hall–Kier alpha value is -11.7. The van der Waals surface area contributed by atoms with Gasteiger partial charge >= 0.3 is 0 Å². The Kier molecular flexibility index (Phi) is 18.7. The molecule has 32 nitrogen and oxygen atoms in total. The zero-order valence-corrected chi connectivity index (χ0v) is 55.8. The molecule has 1 saturated heterocycles. The fourth-order valence-corrected chi connectivity index (χ4v) is 14.5. The zero-order chi connectivity index (χ0) is 69.9. The lowest BCUT2D eigenvalue weighted by Crippen LogP contribution is -2.56. The monoisotopic (exact) mass is 1410 g/mol. The number of hydrogen-bond donors (Lipinski definition) is 9. The van der Waals surface area contributed by atoms with Gasteiger partial charge in [-0.25, -0.2) is 43.6 Å². The maximum absolute atomic E-state index is 12.3. The Balaban J connectivity index is 0.000000126. The lowest BCUT2D eigenvalue weighted by Gasteiger charge is -2.38. The number of pyridine rings is 3. The molecule has 0 atom stereocenters. The van der Waals surface area contributed by atoms with Crippen molar-refractivity contribution in [1.82, 2.24) is 108 Å². The van der Waals surface area contributed by atoms with Gasteiger partial charge in [-0.15, -0.1) is 40.8 Å². The van der Waals surface area contributed by atoms with Gasteiger partial charge in [0, 0.05) is 107 Å². The van der Waals surface area contributed by atoms with Gasteiger partial charge in [-0.3, -0.25) is 4.98 Å². The molecule has 6 aromatic carbocycles. The first kappa shape index (κ1) is 67.3. The summed E-state index contributed by atoms with van der Waals surface area (Å²) in [6.45, 7) is 1.41. The van der Waals surface area contributed by atoms with Crippen LogP contribution in [-0.2, 0) is 51.5 Å². The molecule has 14 aromatic rings. The average molecular weight is 1410 g/mol. The summed E-state index contributed by atoms with van der Waals surface area (Å²) in [5.74, 6) is 1.24. The summed E-state index contributed by atoms with van der Waals surface area (Å²) in [5, 5.41) is 70.6. The normalized spacial score (nSPS) is 12.9. The number of hydrogen-bond acceptors (Lipinski definition) is 27. The molecular formula is C63H57N23O9S4. The molecule has 11 N–H and O–H groups in total. The Morgan fingerprint density at radius 2 is 0.869 bits per heavy atom. The molecule has 1 fully saturated rings. The van der Waals surface area contributed by atoms with E-state index in [0.29, 0.717) is 75.5 Å². The van der Waals surface area contributed by atoms with Crippen molar-refractivity contribution in [3.8, 4) is 90.1 Å². The summed E-state index contributed by atoms with van der Waals surface area (Å²) < 4.78 is 97.6. The van der Waals surface area contributed by atoms with E-state index >= 15 is 0 Å². The number of anilines is 1. The Labute approximate surface area is 563 Å². The van der Waals surface area contributed by atoms with E-state index in [1.165, 1.54) is 18.2 Å². The molecule has 502 valence electrons. The molecule has 15 rings (SSSR count). The van der Waals surface area contributed by atoms with Gasteiger partial charge in [0.05, 0.1) is 30.8 Å². The number of fused-ring (bicyclic) bond motifs is 2. The first-order valence-electron chi connectivity index (χ1n) is 29.4. The van der Waals surface area contributed by atoms with Gasteiger partial charge in [0.1, 0.15) is 17.1 Å². The van der Waals surface area contributed by atoms with Gasteiger partial charge in [0.15, 0.2) is 39.3 Å². The highest BCUT2D eigenvalue weighted by atomic mass is 32.2. The number of nitrogens with zero attached hydrogens (tertiary/aromatic N) is 15. The van der Waals surface area contributed by atoms with Gasteiger partial charge in [-0.1, -0.05) is 84.9 Å². The second-order valence-electron chi connectivity index (χ2n) is 22.5. The molecule has 0 saturated carbocycles. The molecule has 36 heteroatoms. The summed E-state index contributed by atoms with van der Waals surface area (Å²) >= 11 is 0.